The third-order valence-electron chi connectivity index (χ3n) is 3.43. The van der Waals surface area contributed by atoms with Gasteiger partial charge in [-0.2, -0.15) is 0 Å². The zero-order chi connectivity index (χ0) is 14.8. The van der Waals surface area contributed by atoms with Crippen LogP contribution in [0, 0.1) is 0 Å². The van der Waals surface area contributed by atoms with E-state index in [0.29, 0.717) is 29.7 Å². The van der Waals surface area contributed by atoms with Gasteiger partial charge in [0.2, 0.25) is 0 Å². The van der Waals surface area contributed by atoms with Gasteiger partial charge < -0.3 is 15.2 Å². The highest BCUT2D eigenvalue weighted by Gasteiger charge is 2.15. The van der Waals surface area contributed by atoms with Crippen LogP contribution < -0.4 is 15.2 Å². The first-order valence-corrected chi connectivity index (χ1v) is 7.48. The van der Waals surface area contributed by atoms with Gasteiger partial charge >= 0.3 is 0 Å². The summed E-state index contributed by atoms with van der Waals surface area (Å²) < 4.78 is 11.1. The van der Waals surface area contributed by atoms with Crippen LogP contribution >= 0.6 is 23.2 Å². The molecule has 110 valence electrons. The van der Waals surface area contributed by atoms with Crippen molar-refractivity contribution < 1.29 is 9.47 Å². The normalized spacial score (nSPS) is 14.8. The van der Waals surface area contributed by atoms with Crippen molar-refractivity contribution in [1.82, 2.24) is 0 Å². The fraction of sp³-hybridized carbons (Fsp3) is 0.250. The van der Waals surface area contributed by atoms with Crippen molar-refractivity contribution in [3.05, 3.63) is 57.6 Å². The molecule has 0 spiro atoms. The zero-order valence-corrected chi connectivity index (χ0v) is 12.8. The topological polar surface area (TPSA) is 44.5 Å². The quantitative estimate of drug-likeness (QED) is 0.928. The van der Waals surface area contributed by atoms with Crippen LogP contribution in [-0.4, -0.2) is 13.2 Å². The Morgan fingerprint density at radius 3 is 2.48 bits per heavy atom. The van der Waals surface area contributed by atoms with E-state index in [1.54, 1.807) is 6.07 Å². The minimum absolute atomic E-state index is 0.141. The van der Waals surface area contributed by atoms with Gasteiger partial charge in [0.05, 0.1) is 10.0 Å². The molecule has 2 aromatic rings. The molecule has 5 heteroatoms. The number of hydrogen-bond acceptors (Lipinski definition) is 3. The van der Waals surface area contributed by atoms with Gasteiger partial charge in [-0.05, 0) is 41.8 Å². The van der Waals surface area contributed by atoms with Gasteiger partial charge in [-0.25, -0.2) is 0 Å². The Balaban J connectivity index is 1.78. The van der Waals surface area contributed by atoms with Gasteiger partial charge in [0.1, 0.15) is 13.2 Å². The van der Waals surface area contributed by atoms with Gasteiger partial charge in [-0.1, -0.05) is 35.3 Å². The number of nitrogens with two attached hydrogens (primary N) is 1. The maximum Gasteiger partial charge on any atom is 0.161 e. The molecule has 0 aliphatic carbocycles. The van der Waals surface area contributed by atoms with Crippen LogP contribution in [0.5, 0.6) is 11.5 Å². The summed E-state index contributed by atoms with van der Waals surface area (Å²) in [5, 5.41) is 1.09. The lowest BCUT2D eigenvalue weighted by atomic mass is 9.99. The molecule has 1 unspecified atom stereocenters. The van der Waals surface area contributed by atoms with Crippen LogP contribution in [0.3, 0.4) is 0 Å². The molecular formula is C16H15Cl2NO2. The Hall–Kier alpha value is -1.42. The van der Waals surface area contributed by atoms with E-state index in [2.05, 4.69) is 0 Å². The molecular weight excluding hydrogens is 309 g/mol. The smallest absolute Gasteiger partial charge is 0.161 e. The Kier molecular flexibility index (Phi) is 4.24. The first-order valence-electron chi connectivity index (χ1n) is 6.72. The van der Waals surface area contributed by atoms with E-state index >= 15 is 0 Å². The average molecular weight is 324 g/mol. The Bertz CT molecular complexity index is 661. The molecule has 0 bridgehead atoms. The van der Waals surface area contributed by atoms with E-state index in [9.17, 15) is 0 Å². The van der Waals surface area contributed by atoms with Gasteiger partial charge in [0.25, 0.3) is 0 Å². The van der Waals surface area contributed by atoms with Crippen LogP contribution in [0.15, 0.2) is 36.4 Å². The summed E-state index contributed by atoms with van der Waals surface area (Å²) in [6.07, 6.45) is 0.677. The molecule has 3 rings (SSSR count). The molecule has 1 atom stereocenters. The third kappa shape index (κ3) is 3.26. The van der Waals surface area contributed by atoms with Crippen molar-refractivity contribution in [2.75, 3.05) is 13.2 Å². The molecule has 2 aromatic carbocycles. The minimum atomic E-state index is -0.141. The van der Waals surface area contributed by atoms with Crippen molar-refractivity contribution in [2.24, 2.45) is 5.73 Å². The zero-order valence-electron chi connectivity index (χ0n) is 11.3. The fourth-order valence-corrected chi connectivity index (χ4v) is 2.65. The number of halogens is 2. The SMILES string of the molecule is NC(Cc1ccc(Cl)c(Cl)c1)c1ccc2c(c1)OCCO2. The first kappa shape index (κ1) is 14.5. The largest absolute Gasteiger partial charge is 0.486 e. The molecule has 2 N–H and O–H groups in total. The van der Waals surface area contributed by atoms with Gasteiger partial charge in [0.15, 0.2) is 11.5 Å². The predicted octanol–water partition coefficient (Wildman–Crippen LogP) is 4.01. The molecule has 3 nitrogen and oxygen atoms in total. The van der Waals surface area contributed by atoms with Crippen LogP contribution in [0.25, 0.3) is 0 Å². The highest BCUT2D eigenvalue weighted by atomic mass is 35.5. The summed E-state index contributed by atoms with van der Waals surface area (Å²) >= 11 is 11.9. The second-order valence-electron chi connectivity index (χ2n) is 4.96. The second kappa shape index (κ2) is 6.14. The molecule has 1 aliphatic rings. The molecule has 0 aromatic heterocycles. The minimum Gasteiger partial charge on any atom is -0.486 e. The van der Waals surface area contributed by atoms with Crippen LogP contribution in [0.1, 0.15) is 17.2 Å². The highest BCUT2D eigenvalue weighted by molar-refractivity contribution is 6.42. The molecule has 0 saturated heterocycles. The summed E-state index contributed by atoms with van der Waals surface area (Å²) in [6, 6.07) is 11.2. The summed E-state index contributed by atoms with van der Waals surface area (Å²) in [5.41, 5.74) is 8.33. The van der Waals surface area contributed by atoms with Crippen LogP contribution in [-0.2, 0) is 6.42 Å². The van der Waals surface area contributed by atoms with Crippen molar-refractivity contribution in [3.8, 4) is 11.5 Å². The Morgan fingerprint density at radius 2 is 1.71 bits per heavy atom. The van der Waals surface area contributed by atoms with Crippen molar-refractivity contribution in [2.45, 2.75) is 12.5 Å². The van der Waals surface area contributed by atoms with E-state index in [1.807, 2.05) is 30.3 Å². The number of rotatable bonds is 3. The van der Waals surface area contributed by atoms with Crippen LogP contribution in [0.4, 0.5) is 0 Å². The number of fused-ring (bicyclic) bond motifs is 1. The van der Waals surface area contributed by atoms with Crippen molar-refractivity contribution in [3.63, 3.8) is 0 Å². The number of benzene rings is 2. The summed E-state index contributed by atoms with van der Waals surface area (Å²) in [5.74, 6) is 1.52. The standard InChI is InChI=1S/C16H15Cl2NO2/c17-12-3-1-10(7-13(12)18)8-14(19)11-2-4-15-16(9-11)21-6-5-20-15/h1-4,7,9,14H,5-6,8,19H2. The fourth-order valence-electron chi connectivity index (χ4n) is 2.33. The van der Waals surface area contributed by atoms with Crippen LogP contribution in [0.2, 0.25) is 10.0 Å². The second-order valence-corrected chi connectivity index (χ2v) is 5.78. The lowest BCUT2D eigenvalue weighted by Crippen LogP contribution is -2.17. The van der Waals surface area contributed by atoms with E-state index in [-0.39, 0.29) is 6.04 Å². The van der Waals surface area contributed by atoms with Gasteiger partial charge in [0, 0.05) is 6.04 Å². The monoisotopic (exact) mass is 323 g/mol. The van der Waals surface area contributed by atoms with E-state index < -0.39 is 0 Å². The lowest BCUT2D eigenvalue weighted by Gasteiger charge is -2.20. The molecule has 0 saturated carbocycles. The Morgan fingerprint density at radius 1 is 0.952 bits per heavy atom. The summed E-state index contributed by atoms with van der Waals surface area (Å²) in [4.78, 5) is 0. The highest BCUT2D eigenvalue weighted by Crippen LogP contribution is 2.33. The third-order valence-corrected chi connectivity index (χ3v) is 4.17. The molecule has 21 heavy (non-hydrogen) atoms. The lowest BCUT2D eigenvalue weighted by molar-refractivity contribution is 0.171. The molecule has 0 radical (unpaired) electrons. The number of ether oxygens (including phenoxy) is 2. The van der Waals surface area contributed by atoms with Gasteiger partial charge in [-0.3, -0.25) is 0 Å². The van der Waals surface area contributed by atoms with E-state index in [0.717, 1.165) is 22.6 Å². The van der Waals surface area contributed by atoms with Crippen molar-refractivity contribution in [1.29, 1.82) is 0 Å². The molecule has 1 aliphatic heterocycles. The maximum absolute atomic E-state index is 6.28. The maximum atomic E-state index is 6.28. The summed E-state index contributed by atoms with van der Waals surface area (Å²) in [7, 11) is 0. The molecule has 0 fully saturated rings. The van der Waals surface area contributed by atoms with E-state index in [1.165, 1.54) is 0 Å². The predicted molar refractivity (Wildman–Crippen MR) is 84.5 cm³/mol. The Labute approximate surface area is 133 Å². The number of hydrogen-bond donors (Lipinski definition) is 1. The molecule has 0 amide bonds. The van der Waals surface area contributed by atoms with Gasteiger partial charge in [-0.15, -0.1) is 0 Å². The first-order chi connectivity index (χ1) is 10.1. The van der Waals surface area contributed by atoms with E-state index in [4.69, 9.17) is 38.4 Å². The summed E-state index contributed by atoms with van der Waals surface area (Å²) in [6.45, 7) is 1.15. The molecule has 1 heterocycles. The van der Waals surface area contributed by atoms with Crippen molar-refractivity contribution >= 4 is 23.2 Å². The average Bonchev–Trinajstić information content (AvgIpc) is 2.50.